The zero-order valence-corrected chi connectivity index (χ0v) is 27.1. The number of benzene rings is 3. The van der Waals surface area contributed by atoms with Crippen LogP contribution in [0, 0.1) is 6.92 Å². The van der Waals surface area contributed by atoms with E-state index in [-0.39, 0.29) is 17.3 Å². The van der Waals surface area contributed by atoms with Crippen molar-refractivity contribution in [2.45, 2.75) is 26.2 Å². The predicted molar refractivity (Wildman–Crippen MR) is 178 cm³/mol. The number of aryl methyl sites for hydroxylation is 1. The van der Waals surface area contributed by atoms with Gasteiger partial charge in [-0.05, 0) is 43.5 Å². The molecule has 2 aliphatic heterocycles. The fourth-order valence-electron chi connectivity index (χ4n) is 5.85. The van der Waals surface area contributed by atoms with Crippen molar-refractivity contribution in [3.63, 3.8) is 0 Å². The van der Waals surface area contributed by atoms with Crippen LogP contribution in [0.25, 0.3) is 11.3 Å². The summed E-state index contributed by atoms with van der Waals surface area (Å²) in [6.45, 7) is 7.22. The molecule has 0 spiro atoms. The molecule has 0 aliphatic carbocycles. The third-order valence-corrected chi connectivity index (χ3v) is 9.12. The van der Waals surface area contributed by atoms with Gasteiger partial charge in [0, 0.05) is 24.3 Å². The Kier molecular flexibility index (Phi) is 9.05. The third kappa shape index (κ3) is 6.54. The zero-order chi connectivity index (χ0) is 30.6. The topological polar surface area (TPSA) is 91.7 Å². The van der Waals surface area contributed by atoms with Crippen LogP contribution in [-0.4, -0.2) is 71.7 Å². The Balaban J connectivity index is 1.21. The molecule has 3 heterocycles. The van der Waals surface area contributed by atoms with E-state index in [0.29, 0.717) is 16.9 Å². The van der Waals surface area contributed by atoms with Gasteiger partial charge in [-0.1, -0.05) is 0 Å². The van der Waals surface area contributed by atoms with E-state index in [2.05, 4.69) is 43.4 Å². The van der Waals surface area contributed by atoms with Crippen LogP contribution in [0.4, 0.5) is 28.6 Å². The Morgan fingerprint density at radius 2 is 1.68 bits per heavy atom. The molecule has 1 amide bonds. The van der Waals surface area contributed by atoms with Crippen LogP contribution in [0.5, 0.6) is 0 Å². The molecule has 2 fully saturated rings. The van der Waals surface area contributed by atoms with Gasteiger partial charge in [-0.3, -0.25) is 4.79 Å². The number of ether oxygens (including phenoxy) is 1. The summed E-state index contributed by atoms with van der Waals surface area (Å²) < 4.78 is 8.07. The number of morpholine rings is 1. The summed E-state index contributed by atoms with van der Waals surface area (Å²) in [5, 5.41) is 6.32. The van der Waals surface area contributed by atoms with Crippen molar-refractivity contribution in [3.05, 3.63) is 88.3 Å². The number of hydrogen-bond acceptors (Lipinski definition) is 7. The van der Waals surface area contributed by atoms with E-state index in [0.717, 1.165) is 71.9 Å². The molecule has 44 heavy (non-hydrogen) atoms. The van der Waals surface area contributed by atoms with Crippen molar-refractivity contribution in [1.82, 2.24) is 9.55 Å². The Morgan fingerprint density at radius 1 is 0.932 bits per heavy atom. The summed E-state index contributed by atoms with van der Waals surface area (Å²) in [5.41, 5.74) is 6.49. The monoisotopic (exact) mass is 652 g/mol. The molecule has 3 aromatic carbocycles. The molecule has 2 saturated heterocycles. The molecular weight excluding hydrogens is 615 g/mol. The standard InChI is InChI=1S/C34H37AsN6O3/c1-23-27(7-6-8-29(23)38-33(42)24-9-12-26(13-10-24)40-15-4-3-5-16-40)30-22-39(2)34(43)32(37-30)36-25-11-14-31(28(35)21-25)41-17-19-44-20-18-41/h6-14,21-22H,3-5,15-20H2,1-2H3,(H,36,37)(H,38,42). The SMILES string of the molecule is Cc1c(NC(=O)c2ccc(N3CCCCC3)cc2)cccc1-c1cn(C)c(=O)c(Nc2ccc(N3CCOCC3)c([As])c2)n1. The number of rotatable bonds is 7. The minimum atomic E-state index is -0.228. The Hall–Kier alpha value is -4.07. The van der Waals surface area contributed by atoms with Gasteiger partial charge < -0.3 is 4.90 Å². The molecule has 2 radical (unpaired) electrons. The summed E-state index contributed by atoms with van der Waals surface area (Å²) in [6.07, 6.45) is 5.43. The number of hydrogen-bond donors (Lipinski definition) is 2. The van der Waals surface area contributed by atoms with Gasteiger partial charge in [0.05, 0.1) is 0 Å². The summed E-state index contributed by atoms with van der Waals surface area (Å²) in [4.78, 5) is 35.7. The summed E-state index contributed by atoms with van der Waals surface area (Å²) in [6, 6.07) is 19.6. The van der Waals surface area contributed by atoms with Crippen molar-refractivity contribution in [2.75, 3.05) is 59.8 Å². The van der Waals surface area contributed by atoms with Crippen molar-refractivity contribution in [1.29, 1.82) is 0 Å². The molecule has 226 valence electrons. The fourth-order valence-corrected chi connectivity index (χ4v) is 6.59. The molecule has 9 nitrogen and oxygen atoms in total. The molecule has 0 bridgehead atoms. The van der Waals surface area contributed by atoms with Gasteiger partial charge in [0.15, 0.2) is 0 Å². The van der Waals surface area contributed by atoms with Crippen LogP contribution in [0.15, 0.2) is 71.7 Å². The van der Waals surface area contributed by atoms with E-state index in [1.165, 1.54) is 23.8 Å². The number of carbonyl (C=O) groups is 1. The maximum absolute atomic E-state index is 13.2. The molecule has 1 aromatic heterocycles. The average Bonchev–Trinajstić information content (AvgIpc) is 3.05. The van der Waals surface area contributed by atoms with Crippen molar-refractivity contribution >= 4 is 55.7 Å². The van der Waals surface area contributed by atoms with E-state index in [1.54, 1.807) is 13.2 Å². The number of aromatic nitrogens is 2. The fraction of sp³-hybridized carbons (Fsp3) is 0.324. The number of amides is 1. The van der Waals surface area contributed by atoms with Crippen molar-refractivity contribution in [3.8, 4) is 11.3 Å². The van der Waals surface area contributed by atoms with E-state index in [1.807, 2.05) is 61.5 Å². The average molecular weight is 653 g/mol. The van der Waals surface area contributed by atoms with Gasteiger partial charge in [0.2, 0.25) is 0 Å². The quantitative estimate of drug-likeness (QED) is 0.287. The Labute approximate surface area is 266 Å². The van der Waals surface area contributed by atoms with E-state index < -0.39 is 0 Å². The van der Waals surface area contributed by atoms with Crippen LogP contribution < -0.4 is 30.3 Å². The Bertz CT molecular complexity index is 1710. The molecule has 4 aromatic rings. The molecule has 2 N–H and O–H groups in total. The van der Waals surface area contributed by atoms with Crippen molar-refractivity contribution < 1.29 is 9.53 Å². The number of nitrogens with zero attached hydrogens (tertiary/aromatic N) is 4. The zero-order valence-electron chi connectivity index (χ0n) is 25.2. The number of piperidine rings is 1. The van der Waals surface area contributed by atoms with Gasteiger partial charge in [0.1, 0.15) is 0 Å². The van der Waals surface area contributed by atoms with Gasteiger partial charge in [-0.2, -0.15) is 0 Å². The first kappa shape index (κ1) is 30.0. The first-order chi connectivity index (χ1) is 21.4. The summed E-state index contributed by atoms with van der Waals surface area (Å²) in [7, 11) is 1.72. The minimum absolute atomic E-state index is 0.166. The van der Waals surface area contributed by atoms with Crippen LogP contribution >= 0.6 is 0 Å². The molecule has 0 atom stereocenters. The van der Waals surface area contributed by atoms with E-state index in [4.69, 9.17) is 9.72 Å². The number of carbonyl (C=O) groups excluding carboxylic acids is 1. The van der Waals surface area contributed by atoms with Crippen LogP contribution in [-0.2, 0) is 11.8 Å². The Morgan fingerprint density at radius 3 is 2.41 bits per heavy atom. The number of anilines is 5. The molecule has 0 unspecified atom stereocenters. The second-order valence-corrected chi connectivity index (χ2v) is 12.4. The molecule has 2 aliphatic rings. The molecule has 6 rings (SSSR count). The summed E-state index contributed by atoms with van der Waals surface area (Å²) >= 11 is 2.61. The third-order valence-electron chi connectivity index (χ3n) is 8.37. The van der Waals surface area contributed by atoms with E-state index >= 15 is 0 Å². The molecule has 10 heteroatoms. The van der Waals surface area contributed by atoms with E-state index in [9.17, 15) is 9.59 Å². The first-order valence-corrected chi connectivity index (χ1v) is 16.1. The van der Waals surface area contributed by atoms with Crippen LogP contribution in [0.1, 0.15) is 35.2 Å². The normalized spacial score (nSPS) is 15.2. The molecule has 0 saturated carbocycles. The van der Waals surface area contributed by atoms with Crippen molar-refractivity contribution in [2.24, 2.45) is 7.05 Å². The van der Waals surface area contributed by atoms with Gasteiger partial charge >= 0.3 is 190 Å². The second kappa shape index (κ2) is 13.3. The molecular formula is C34H37AsN6O3. The second-order valence-electron chi connectivity index (χ2n) is 11.3. The van der Waals surface area contributed by atoms with Gasteiger partial charge in [-0.25, -0.2) is 0 Å². The van der Waals surface area contributed by atoms with Gasteiger partial charge in [0.25, 0.3) is 0 Å². The maximum atomic E-state index is 13.2. The number of nitrogens with one attached hydrogen (secondary N) is 2. The first-order valence-electron chi connectivity index (χ1n) is 15.1. The summed E-state index contributed by atoms with van der Waals surface area (Å²) in [5.74, 6) is 0.0687. The van der Waals surface area contributed by atoms with Crippen LogP contribution in [0.2, 0.25) is 0 Å². The van der Waals surface area contributed by atoms with Crippen LogP contribution in [0.3, 0.4) is 0 Å². The van der Waals surface area contributed by atoms with Gasteiger partial charge in [-0.15, -0.1) is 0 Å². The predicted octanol–water partition coefficient (Wildman–Crippen LogP) is 4.37.